The molecule has 0 N–H and O–H groups in total. The zero-order chi connectivity index (χ0) is 8.55. The van der Waals surface area contributed by atoms with E-state index in [4.69, 9.17) is 0 Å². The number of fused-ring (bicyclic) bond motifs is 1. The SMILES string of the molecule is CCC1=Nc2ccccc2S1=O. The summed E-state index contributed by atoms with van der Waals surface area (Å²) in [5.74, 6) is 0. The summed E-state index contributed by atoms with van der Waals surface area (Å²) in [6, 6.07) is 7.58. The minimum absolute atomic E-state index is 0.765. The lowest BCUT2D eigenvalue weighted by Crippen LogP contribution is -1.99. The maximum absolute atomic E-state index is 11.6. The van der Waals surface area contributed by atoms with Crippen LogP contribution in [0, 0.1) is 0 Å². The molecule has 62 valence electrons. The van der Waals surface area contributed by atoms with Crippen molar-refractivity contribution in [3.63, 3.8) is 0 Å². The molecule has 0 fully saturated rings. The normalized spacial score (nSPS) is 20.4. The van der Waals surface area contributed by atoms with Crippen LogP contribution in [0.2, 0.25) is 0 Å². The van der Waals surface area contributed by atoms with Crippen LogP contribution in [-0.4, -0.2) is 9.25 Å². The van der Waals surface area contributed by atoms with Crippen molar-refractivity contribution in [3.05, 3.63) is 24.3 Å². The molecule has 1 unspecified atom stereocenters. The molecule has 0 aromatic heterocycles. The summed E-state index contributed by atoms with van der Waals surface area (Å²) in [5.41, 5.74) is 0.868. The average molecular weight is 179 g/mol. The highest BCUT2D eigenvalue weighted by Crippen LogP contribution is 2.30. The lowest BCUT2D eigenvalue weighted by atomic mass is 10.3. The topological polar surface area (TPSA) is 29.4 Å². The highest BCUT2D eigenvalue weighted by atomic mass is 32.2. The summed E-state index contributed by atoms with van der Waals surface area (Å²) in [6.45, 7) is 1.97. The molecule has 2 rings (SSSR count). The second kappa shape index (κ2) is 2.83. The first-order valence-electron chi connectivity index (χ1n) is 3.91. The Bertz CT molecular complexity index is 371. The lowest BCUT2D eigenvalue weighted by molar-refractivity contribution is 0.690. The van der Waals surface area contributed by atoms with Crippen molar-refractivity contribution in [3.8, 4) is 0 Å². The van der Waals surface area contributed by atoms with Crippen molar-refractivity contribution in [2.45, 2.75) is 18.2 Å². The number of hydrogen-bond acceptors (Lipinski definition) is 2. The third-order valence-corrected chi connectivity index (χ3v) is 3.38. The summed E-state index contributed by atoms with van der Waals surface area (Å²) in [5, 5.41) is 0.788. The summed E-state index contributed by atoms with van der Waals surface area (Å²) >= 11 is 0. The minimum atomic E-state index is -0.986. The summed E-state index contributed by atoms with van der Waals surface area (Å²) in [7, 11) is -0.986. The molecule has 2 nitrogen and oxygen atoms in total. The van der Waals surface area contributed by atoms with Crippen LogP contribution in [0.4, 0.5) is 5.69 Å². The van der Waals surface area contributed by atoms with Crippen molar-refractivity contribution >= 4 is 21.5 Å². The number of para-hydroxylation sites is 1. The Morgan fingerprint density at radius 2 is 2.17 bits per heavy atom. The molecule has 0 aliphatic carbocycles. The number of nitrogens with zero attached hydrogens (tertiary/aromatic N) is 1. The van der Waals surface area contributed by atoms with Crippen molar-refractivity contribution in [1.82, 2.24) is 0 Å². The molecule has 3 heteroatoms. The van der Waals surface area contributed by atoms with Crippen LogP contribution in [0.3, 0.4) is 0 Å². The van der Waals surface area contributed by atoms with Crippen molar-refractivity contribution < 1.29 is 4.21 Å². The molecular formula is C9H9NOS. The molecule has 0 radical (unpaired) electrons. The molecule has 1 aromatic rings. The lowest BCUT2D eigenvalue weighted by Gasteiger charge is -1.93. The largest absolute Gasteiger partial charge is 0.248 e. The van der Waals surface area contributed by atoms with E-state index in [9.17, 15) is 4.21 Å². The molecule has 0 saturated carbocycles. The molecule has 1 aliphatic rings. The van der Waals surface area contributed by atoms with Gasteiger partial charge in [0, 0.05) is 0 Å². The number of aliphatic imine (C=N–C) groups is 1. The van der Waals surface area contributed by atoms with E-state index in [1.54, 1.807) is 0 Å². The molecule has 0 saturated heterocycles. The van der Waals surface area contributed by atoms with E-state index in [2.05, 4.69) is 4.99 Å². The van der Waals surface area contributed by atoms with Crippen LogP contribution in [0.1, 0.15) is 13.3 Å². The maximum Gasteiger partial charge on any atom is 0.110 e. The van der Waals surface area contributed by atoms with Crippen LogP contribution in [0.15, 0.2) is 34.2 Å². The monoisotopic (exact) mass is 179 g/mol. The van der Waals surface area contributed by atoms with Gasteiger partial charge in [0.1, 0.15) is 15.8 Å². The molecular weight excluding hydrogens is 170 g/mol. The first-order valence-corrected chi connectivity index (χ1v) is 5.06. The van der Waals surface area contributed by atoms with Crippen molar-refractivity contribution in [1.29, 1.82) is 0 Å². The van der Waals surface area contributed by atoms with E-state index in [0.29, 0.717) is 0 Å². The van der Waals surface area contributed by atoms with E-state index in [0.717, 1.165) is 22.0 Å². The smallest absolute Gasteiger partial charge is 0.110 e. The molecule has 12 heavy (non-hydrogen) atoms. The fourth-order valence-corrected chi connectivity index (χ4v) is 2.42. The molecule has 1 aromatic carbocycles. The fourth-order valence-electron chi connectivity index (χ4n) is 1.22. The summed E-state index contributed by atoms with van der Waals surface area (Å²) < 4.78 is 11.6. The van der Waals surface area contributed by atoms with Crippen LogP contribution in [-0.2, 0) is 10.8 Å². The van der Waals surface area contributed by atoms with E-state index >= 15 is 0 Å². The first-order chi connectivity index (χ1) is 5.83. The molecule has 0 bridgehead atoms. The van der Waals surface area contributed by atoms with E-state index in [-0.39, 0.29) is 0 Å². The third-order valence-electron chi connectivity index (χ3n) is 1.83. The Kier molecular flexibility index (Phi) is 1.81. The van der Waals surface area contributed by atoms with Gasteiger partial charge in [-0.05, 0) is 18.6 Å². The first kappa shape index (κ1) is 7.68. The Labute approximate surface area is 73.8 Å². The van der Waals surface area contributed by atoms with Crippen LogP contribution >= 0.6 is 0 Å². The Balaban J connectivity index is 2.54. The van der Waals surface area contributed by atoms with Gasteiger partial charge in [-0.3, -0.25) is 0 Å². The standard InChI is InChI=1S/C9H9NOS/c1-2-9-10-7-5-3-4-6-8(7)12(9)11/h3-6H,2H2,1H3. The Morgan fingerprint density at radius 3 is 2.83 bits per heavy atom. The van der Waals surface area contributed by atoms with Crippen LogP contribution in [0.25, 0.3) is 0 Å². The van der Waals surface area contributed by atoms with Gasteiger partial charge in [-0.1, -0.05) is 19.1 Å². The minimum Gasteiger partial charge on any atom is -0.248 e. The molecule has 0 spiro atoms. The highest BCUT2D eigenvalue weighted by Gasteiger charge is 2.20. The Hall–Kier alpha value is -0.960. The van der Waals surface area contributed by atoms with Crippen molar-refractivity contribution in [2.75, 3.05) is 0 Å². The highest BCUT2D eigenvalue weighted by molar-refractivity contribution is 8.01. The van der Waals surface area contributed by atoms with Gasteiger partial charge in [-0.15, -0.1) is 0 Å². The van der Waals surface area contributed by atoms with Gasteiger partial charge in [0.05, 0.1) is 10.6 Å². The van der Waals surface area contributed by atoms with E-state index in [1.165, 1.54) is 0 Å². The molecule has 0 amide bonds. The maximum atomic E-state index is 11.6. The average Bonchev–Trinajstić information content (AvgIpc) is 2.44. The number of rotatable bonds is 1. The Morgan fingerprint density at radius 1 is 1.42 bits per heavy atom. The zero-order valence-electron chi connectivity index (χ0n) is 6.78. The van der Waals surface area contributed by atoms with Gasteiger partial charge in [0.2, 0.25) is 0 Å². The fraction of sp³-hybridized carbons (Fsp3) is 0.222. The second-order valence-corrected chi connectivity index (χ2v) is 4.04. The van der Waals surface area contributed by atoms with Gasteiger partial charge in [0.25, 0.3) is 0 Å². The van der Waals surface area contributed by atoms with Gasteiger partial charge in [0.15, 0.2) is 0 Å². The summed E-state index contributed by atoms with van der Waals surface area (Å²) in [6.07, 6.45) is 0.765. The molecule has 1 heterocycles. The number of benzene rings is 1. The van der Waals surface area contributed by atoms with Crippen molar-refractivity contribution in [2.24, 2.45) is 4.99 Å². The van der Waals surface area contributed by atoms with Gasteiger partial charge in [-0.25, -0.2) is 9.20 Å². The molecule has 1 aliphatic heterocycles. The van der Waals surface area contributed by atoms with Gasteiger partial charge < -0.3 is 0 Å². The summed E-state index contributed by atoms with van der Waals surface area (Å²) in [4.78, 5) is 5.12. The van der Waals surface area contributed by atoms with E-state index < -0.39 is 10.8 Å². The van der Waals surface area contributed by atoms with Crippen LogP contribution in [0.5, 0.6) is 0 Å². The third kappa shape index (κ3) is 1.01. The van der Waals surface area contributed by atoms with Gasteiger partial charge in [-0.2, -0.15) is 0 Å². The predicted molar refractivity (Wildman–Crippen MR) is 50.2 cm³/mol. The molecule has 1 atom stereocenters. The predicted octanol–water partition coefficient (Wildman–Crippen LogP) is 2.25. The van der Waals surface area contributed by atoms with Crippen LogP contribution < -0.4 is 0 Å². The number of hydrogen-bond donors (Lipinski definition) is 0. The zero-order valence-corrected chi connectivity index (χ0v) is 7.60. The second-order valence-electron chi connectivity index (χ2n) is 2.60. The van der Waals surface area contributed by atoms with Gasteiger partial charge >= 0.3 is 0 Å². The van der Waals surface area contributed by atoms with E-state index in [1.807, 2.05) is 31.2 Å². The quantitative estimate of drug-likeness (QED) is 0.650.